The molecule has 4 nitrogen and oxygen atoms in total. The highest BCUT2D eigenvalue weighted by molar-refractivity contribution is 7.97. The van der Waals surface area contributed by atoms with Gasteiger partial charge in [-0.1, -0.05) is 6.92 Å². The SMILES string of the molecule is CSn1c2c(c3cc(C(=O)N4CCC(C)CC4)ccc31)CNCC2. The molecule has 0 aliphatic carbocycles. The van der Waals surface area contributed by atoms with E-state index in [0.717, 1.165) is 56.9 Å². The van der Waals surface area contributed by atoms with Gasteiger partial charge in [-0.2, -0.15) is 0 Å². The minimum atomic E-state index is 0.193. The molecule has 2 aliphatic rings. The normalized spacial score (nSPS) is 18.8. The van der Waals surface area contributed by atoms with Crippen molar-refractivity contribution in [3.05, 3.63) is 35.0 Å². The summed E-state index contributed by atoms with van der Waals surface area (Å²) < 4.78 is 2.34. The van der Waals surface area contributed by atoms with E-state index >= 15 is 0 Å². The lowest BCUT2D eigenvalue weighted by Gasteiger charge is -2.30. The molecule has 24 heavy (non-hydrogen) atoms. The highest BCUT2D eigenvalue weighted by Gasteiger charge is 2.24. The van der Waals surface area contributed by atoms with Crippen LogP contribution in [-0.4, -0.2) is 40.7 Å². The van der Waals surface area contributed by atoms with Crippen LogP contribution in [0.5, 0.6) is 0 Å². The molecule has 1 aromatic heterocycles. The summed E-state index contributed by atoms with van der Waals surface area (Å²) in [4.78, 5) is 14.9. The van der Waals surface area contributed by atoms with Crippen LogP contribution in [0, 0.1) is 5.92 Å². The van der Waals surface area contributed by atoms with Crippen LogP contribution in [0.3, 0.4) is 0 Å². The Kier molecular flexibility index (Phi) is 4.31. The van der Waals surface area contributed by atoms with Crippen molar-refractivity contribution in [2.75, 3.05) is 25.9 Å². The average Bonchev–Trinajstić information content (AvgIpc) is 2.95. The second-order valence-electron chi connectivity index (χ2n) is 7.04. The van der Waals surface area contributed by atoms with Crippen molar-refractivity contribution >= 4 is 28.8 Å². The van der Waals surface area contributed by atoms with Gasteiger partial charge in [-0.3, -0.25) is 8.77 Å². The first-order valence-corrected chi connectivity index (χ1v) is 10.1. The molecule has 1 saturated heterocycles. The van der Waals surface area contributed by atoms with Crippen LogP contribution >= 0.6 is 11.9 Å². The van der Waals surface area contributed by atoms with E-state index in [2.05, 4.69) is 34.6 Å². The van der Waals surface area contributed by atoms with Gasteiger partial charge in [-0.25, -0.2) is 0 Å². The number of amides is 1. The van der Waals surface area contributed by atoms with Crippen LogP contribution in [0.1, 0.15) is 41.4 Å². The second kappa shape index (κ2) is 6.45. The first-order chi connectivity index (χ1) is 11.7. The maximum atomic E-state index is 12.9. The number of likely N-dealkylation sites (tertiary alicyclic amines) is 1. The fourth-order valence-corrected chi connectivity index (χ4v) is 4.76. The maximum Gasteiger partial charge on any atom is 0.253 e. The summed E-state index contributed by atoms with van der Waals surface area (Å²) in [5.41, 5.74) is 4.85. The minimum absolute atomic E-state index is 0.193. The molecule has 0 spiro atoms. The lowest BCUT2D eigenvalue weighted by Crippen LogP contribution is -2.37. The van der Waals surface area contributed by atoms with Gasteiger partial charge in [0.25, 0.3) is 5.91 Å². The van der Waals surface area contributed by atoms with Gasteiger partial charge in [0.2, 0.25) is 0 Å². The van der Waals surface area contributed by atoms with E-state index in [1.165, 1.54) is 22.2 Å². The molecule has 5 heteroatoms. The van der Waals surface area contributed by atoms with Gasteiger partial charge in [0, 0.05) is 55.5 Å². The molecule has 1 aromatic carbocycles. The highest BCUT2D eigenvalue weighted by Crippen LogP contribution is 2.32. The van der Waals surface area contributed by atoms with E-state index < -0.39 is 0 Å². The summed E-state index contributed by atoms with van der Waals surface area (Å²) in [6.45, 7) is 5.99. The van der Waals surface area contributed by atoms with Gasteiger partial charge in [-0.05, 0) is 54.5 Å². The van der Waals surface area contributed by atoms with Crippen molar-refractivity contribution in [3.63, 3.8) is 0 Å². The van der Waals surface area contributed by atoms with Crippen LogP contribution in [-0.2, 0) is 13.0 Å². The summed E-state index contributed by atoms with van der Waals surface area (Å²) in [7, 11) is 0. The van der Waals surface area contributed by atoms with Gasteiger partial charge in [0.05, 0.1) is 5.52 Å². The standard InChI is InChI=1S/C19H25N3OS/c1-13-6-9-21(10-7-13)19(23)14-3-4-17-15(11-14)16-12-20-8-5-18(16)22(17)24-2/h3-4,11,13,20H,5-10,12H2,1-2H3. The third-order valence-corrected chi connectivity index (χ3v) is 6.26. The molecular weight excluding hydrogens is 318 g/mol. The van der Waals surface area contributed by atoms with Crippen molar-refractivity contribution in [1.29, 1.82) is 0 Å². The molecule has 0 radical (unpaired) electrons. The maximum absolute atomic E-state index is 12.9. The summed E-state index contributed by atoms with van der Waals surface area (Å²) in [5.74, 6) is 0.934. The first kappa shape index (κ1) is 16.0. The van der Waals surface area contributed by atoms with E-state index in [-0.39, 0.29) is 5.91 Å². The number of nitrogens with zero attached hydrogens (tertiary/aromatic N) is 2. The quantitative estimate of drug-likeness (QED) is 0.909. The number of benzene rings is 1. The first-order valence-electron chi connectivity index (χ1n) is 8.89. The molecule has 2 aromatic rings. The molecule has 0 unspecified atom stereocenters. The minimum Gasteiger partial charge on any atom is -0.339 e. The van der Waals surface area contributed by atoms with Crippen molar-refractivity contribution < 1.29 is 4.79 Å². The molecule has 1 fully saturated rings. The molecule has 0 saturated carbocycles. The molecule has 0 atom stereocenters. The number of aromatic nitrogens is 1. The number of nitrogens with one attached hydrogen (secondary N) is 1. The Labute approximate surface area is 147 Å². The highest BCUT2D eigenvalue weighted by atomic mass is 32.2. The van der Waals surface area contributed by atoms with Crippen LogP contribution < -0.4 is 5.32 Å². The van der Waals surface area contributed by atoms with Crippen molar-refractivity contribution in [3.8, 4) is 0 Å². The Morgan fingerprint density at radius 3 is 2.83 bits per heavy atom. The zero-order valence-electron chi connectivity index (χ0n) is 14.5. The third kappa shape index (κ3) is 2.64. The average molecular weight is 343 g/mol. The lowest BCUT2D eigenvalue weighted by molar-refractivity contribution is 0.0697. The number of rotatable bonds is 2. The summed E-state index contributed by atoms with van der Waals surface area (Å²) in [6, 6.07) is 6.26. The summed E-state index contributed by atoms with van der Waals surface area (Å²) in [5, 5.41) is 4.71. The Hall–Kier alpha value is -1.46. The van der Waals surface area contributed by atoms with Gasteiger partial charge >= 0.3 is 0 Å². The Balaban J connectivity index is 1.71. The van der Waals surface area contributed by atoms with E-state index in [1.807, 2.05) is 11.0 Å². The van der Waals surface area contributed by atoms with E-state index in [1.54, 1.807) is 11.9 Å². The number of hydrogen-bond acceptors (Lipinski definition) is 3. The predicted octanol–water partition coefficient (Wildman–Crippen LogP) is 3.29. The number of carbonyl (C=O) groups excluding carboxylic acids is 1. The fourth-order valence-electron chi connectivity index (χ4n) is 3.98. The number of carbonyl (C=O) groups is 1. The summed E-state index contributed by atoms with van der Waals surface area (Å²) in [6.07, 6.45) is 5.42. The number of hydrogen-bond donors (Lipinski definition) is 1. The summed E-state index contributed by atoms with van der Waals surface area (Å²) >= 11 is 1.76. The zero-order valence-corrected chi connectivity index (χ0v) is 15.3. The lowest BCUT2D eigenvalue weighted by atomic mass is 9.98. The van der Waals surface area contributed by atoms with Crippen molar-refractivity contribution in [2.45, 2.75) is 32.7 Å². The molecule has 1 amide bonds. The fraction of sp³-hybridized carbons (Fsp3) is 0.526. The van der Waals surface area contributed by atoms with Gasteiger partial charge in [-0.15, -0.1) is 0 Å². The molecular formula is C19H25N3OS. The Morgan fingerprint density at radius 1 is 1.29 bits per heavy atom. The van der Waals surface area contributed by atoms with E-state index in [0.29, 0.717) is 0 Å². The van der Waals surface area contributed by atoms with Crippen LogP contribution in [0.25, 0.3) is 10.9 Å². The number of fused-ring (bicyclic) bond motifs is 3. The largest absolute Gasteiger partial charge is 0.339 e. The number of piperidine rings is 1. The Bertz CT molecular complexity index is 775. The predicted molar refractivity (Wildman–Crippen MR) is 101 cm³/mol. The van der Waals surface area contributed by atoms with Crippen LogP contribution in [0.2, 0.25) is 0 Å². The van der Waals surface area contributed by atoms with Gasteiger partial charge in [0.1, 0.15) is 0 Å². The smallest absolute Gasteiger partial charge is 0.253 e. The van der Waals surface area contributed by atoms with Gasteiger partial charge in [0.15, 0.2) is 0 Å². The van der Waals surface area contributed by atoms with Crippen molar-refractivity contribution in [1.82, 2.24) is 14.2 Å². The molecule has 4 rings (SSSR count). The van der Waals surface area contributed by atoms with Gasteiger partial charge < -0.3 is 10.2 Å². The third-order valence-electron chi connectivity index (χ3n) is 5.47. The Morgan fingerprint density at radius 2 is 2.08 bits per heavy atom. The second-order valence-corrected chi connectivity index (χ2v) is 7.77. The van der Waals surface area contributed by atoms with Crippen LogP contribution in [0.4, 0.5) is 0 Å². The van der Waals surface area contributed by atoms with E-state index in [4.69, 9.17) is 0 Å². The monoisotopic (exact) mass is 343 g/mol. The molecule has 3 heterocycles. The van der Waals surface area contributed by atoms with Crippen LogP contribution in [0.15, 0.2) is 18.2 Å². The van der Waals surface area contributed by atoms with E-state index in [9.17, 15) is 4.79 Å². The molecule has 1 N–H and O–H groups in total. The zero-order chi connectivity index (χ0) is 16.7. The van der Waals surface area contributed by atoms with Crippen molar-refractivity contribution in [2.24, 2.45) is 5.92 Å². The molecule has 2 aliphatic heterocycles. The topological polar surface area (TPSA) is 37.3 Å². The molecule has 0 bridgehead atoms. The molecule has 128 valence electrons.